The first-order valence-electron chi connectivity index (χ1n) is 10.1. The fourth-order valence-corrected chi connectivity index (χ4v) is 5.61. The van der Waals surface area contributed by atoms with Gasteiger partial charge in [-0.3, -0.25) is 9.59 Å². The Morgan fingerprint density at radius 3 is 2.11 bits per heavy atom. The largest absolute Gasteiger partial charge is 0.459 e. The van der Waals surface area contributed by atoms with Crippen molar-refractivity contribution in [3.05, 3.63) is 35.9 Å². The quantitative estimate of drug-likeness (QED) is 0.723. The van der Waals surface area contributed by atoms with E-state index in [0.717, 1.165) is 29.7 Å². The highest BCUT2D eigenvalue weighted by Crippen LogP contribution is 2.57. The Hall–Kier alpha value is -2.37. The summed E-state index contributed by atoms with van der Waals surface area (Å²) in [5, 5.41) is 0. The molecule has 4 saturated carbocycles. The standard InChI is InChI=1S/C22H27NO5/c1-15(24)23(13-20(25)27-14-16-5-3-2-4-6-16)21(26)28-22-10-17-7-18(11-22)9-19(8-17)12-22/h2-6,17-19H,7-14H2,1H3. The zero-order valence-electron chi connectivity index (χ0n) is 16.3. The lowest BCUT2D eigenvalue weighted by atomic mass is 9.54. The van der Waals surface area contributed by atoms with Gasteiger partial charge >= 0.3 is 12.1 Å². The van der Waals surface area contributed by atoms with Crippen molar-refractivity contribution in [2.45, 2.75) is 57.7 Å². The minimum atomic E-state index is -0.717. The first-order chi connectivity index (χ1) is 13.4. The summed E-state index contributed by atoms with van der Waals surface area (Å²) >= 11 is 0. The third-order valence-corrected chi connectivity index (χ3v) is 6.42. The highest BCUT2D eigenvalue weighted by atomic mass is 16.6. The summed E-state index contributed by atoms with van der Waals surface area (Å²) < 4.78 is 11.1. The van der Waals surface area contributed by atoms with Gasteiger partial charge in [-0.2, -0.15) is 0 Å². The minimum absolute atomic E-state index is 0.107. The van der Waals surface area contributed by atoms with Crippen molar-refractivity contribution in [3.8, 4) is 0 Å². The van der Waals surface area contributed by atoms with E-state index in [2.05, 4.69) is 0 Å². The lowest BCUT2D eigenvalue weighted by molar-refractivity contribution is -0.154. The van der Waals surface area contributed by atoms with Gasteiger partial charge < -0.3 is 9.47 Å². The van der Waals surface area contributed by atoms with Gasteiger partial charge in [-0.25, -0.2) is 9.69 Å². The van der Waals surface area contributed by atoms with Crippen molar-refractivity contribution in [1.29, 1.82) is 0 Å². The lowest BCUT2D eigenvalue weighted by Crippen LogP contribution is -2.54. The molecule has 0 radical (unpaired) electrons. The van der Waals surface area contributed by atoms with Crippen molar-refractivity contribution in [1.82, 2.24) is 4.90 Å². The monoisotopic (exact) mass is 385 g/mol. The second-order valence-corrected chi connectivity index (χ2v) is 8.72. The molecule has 150 valence electrons. The summed E-state index contributed by atoms with van der Waals surface area (Å²) in [5.41, 5.74) is 0.398. The van der Waals surface area contributed by atoms with Gasteiger partial charge in [0.15, 0.2) is 0 Å². The number of imide groups is 1. The van der Waals surface area contributed by atoms with Gasteiger partial charge in [0.25, 0.3) is 0 Å². The Morgan fingerprint density at radius 1 is 1.00 bits per heavy atom. The number of amides is 2. The fourth-order valence-electron chi connectivity index (χ4n) is 5.61. The van der Waals surface area contributed by atoms with Crippen LogP contribution in [0.3, 0.4) is 0 Å². The number of nitrogens with zero attached hydrogens (tertiary/aromatic N) is 1. The molecule has 0 unspecified atom stereocenters. The van der Waals surface area contributed by atoms with Gasteiger partial charge in [0, 0.05) is 6.92 Å². The second kappa shape index (κ2) is 7.57. The highest BCUT2D eigenvalue weighted by Gasteiger charge is 2.53. The molecule has 0 heterocycles. The van der Waals surface area contributed by atoms with E-state index in [4.69, 9.17) is 9.47 Å². The van der Waals surface area contributed by atoms with Crippen LogP contribution in [0.5, 0.6) is 0 Å². The number of hydrogen-bond acceptors (Lipinski definition) is 5. The smallest absolute Gasteiger partial charge is 0.417 e. The predicted octanol–water partition coefficient (Wildman–Crippen LogP) is 3.68. The first-order valence-corrected chi connectivity index (χ1v) is 10.1. The van der Waals surface area contributed by atoms with Crippen molar-refractivity contribution in [2.24, 2.45) is 17.8 Å². The predicted molar refractivity (Wildman–Crippen MR) is 101 cm³/mol. The van der Waals surface area contributed by atoms with E-state index in [1.165, 1.54) is 26.2 Å². The SMILES string of the molecule is CC(=O)N(CC(=O)OCc1ccccc1)C(=O)OC12CC3CC(CC(C3)C1)C2. The van der Waals surface area contributed by atoms with E-state index >= 15 is 0 Å². The third-order valence-electron chi connectivity index (χ3n) is 6.42. The van der Waals surface area contributed by atoms with Gasteiger partial charge in [0.2, 0.25) is 5.91 Å². The molecule has 1 aromatic rings. The van der Waals surface area contributed by atoms with Crippen LogP contribution in [0.25, 0.3) is 0 Å². The maximum absolute atomic E-state index is 12.8. The number of esters is 1. The second-order valence-electron chi connectivity index (χ2n) is 8.72. The van der Waals surface area contributed by atoms with Gasteiger partial charge in [-0.05, 0) is 61.8 Å². The fraction of sp³-hybridized carbons (Fsp3) is 0.591. The molecule has 0 aliphatic heterocycles. The van der Waals surface area contributed by atoms with Crippen LogP contribution in [0.15, 0.2) is 30.3 Å². The molecule has 4 aliphatic carbocycles. The minimum Gasteiger partial charge on any atom is -0.459 e. The van der Waals surface area contributed by atoms with Crippen LogP contribution < -0.4 is 0 Å². The molecule has 4 aliphatic rings. The maximum Gasteiger partial charge on any atom is 0.417 e. The van der Waals surface area contributed by atoms with Gasteiger partial charge in [0.05, 0.1) is 0 Å². The Morgan fingerprint density at radius 2 is 1.57 bits per heavy atom. The lowest BCUT2D eigenvalue weighted by Gasteiger charge is -2.55. The van der Waals surface area contributed by atoms with Crippen LogP contribution in [-0.4, -0.2) is 35.0 Å². The average Bonchev–Trinajstić information content (AvgIpc) is 2.63. The number of rotatable bonds is 5. The molecule has 5 rings (SSSR count). The first kappa shape index (κ1) is 19.0. The van der Waals surface area contributed by atoms with Crippen LogP contribution in [0.1, 0.15) is 51.0 Å². The van der Waals surface area contributed by atoms with Crippen LogP contribution >= 0.6 is 0 Å². The molecule has 6 nitrogen and oxygen atoms in total. The number of carbonyl (C=O) groups is 3. The Balaban J connectivity index is 1.35. The molecule has 1 aromatic carbocycles. The molecule has 0 aromatic heterocycles. The van der Waals surface area contributed by atoms with E-state index in [1.54, 1.807) is 0 Å². The van der Waals surface area contributed by atoms with Crippen molar-refractivity contribution < 1.29 is 23.9 Å². The summed E-state index contributed by atoms with van der Waals surface area (Å²) in [6.07, 6.45) is 5.64. The summed E-state index contributed by atoms with van der Waals surface area (Å²) in [5.74, 6) is 0.745. The van der Waals surface area contributed by atoms with E-state index in [9.17, 15) is 14.4 Å². The molecular weight excluding hydrogens is 358 g/mol. The average molecular weight is 385 g/mol. The highest BCUT2D eigenvalue weighted by molar-refractivity contribution is 5.94. The molecule has 0 saturated heterocycles. The molecule has 6 heteroatoms. The molecule has 2 amide bonds. The molecule has 0 atom stereocenters. The molecule has 0 spiro atoms. The topological polar surface area (TPSA) is 72.9 Å². The van der Waals surface area contributed by atoms with Crippen LogP contribution in [0, 0.1) is 17.8 Å². The number of benzene rings is 1. The zero-order chi connectivity index (χ0) is 19.7. The Labute approximate surface area is 165 Å². The number of hydrogen-bond donors (Lipinski definition) is 0. The van der Waals surface area contributed by atoms with E-state index in [0.29, 0.717) is 17.8 Å². The summed E-state index contributed by atoms with van der Waals surface area (Å²) in [6.45, 7) is 0.953. The number of ether oxygens (including phenoxy) is 2. The van der Waals surface area contributed by atoms with Crippen molar-refractivity contribution in [3.63, 3.8) is 0 Å². The Kier molecular flexibility index (Phi) is 5.13. The van der Waals surface area contributed by atoms with Gasteiger partial charge in [-0.15, -0.1) is 0 Å². The molecule has 4 fully saturated rings. The summed E-state index contributed by atoms with van der Waals surface area (Å²) in [7, 11) is 0. The third kappa shape index (κ3) is 4.05. The molecule has 4 bridgehead atoms. The summed E-state index contributed by atoms with van der Waals surface area (Å²) in [4.78, 5) is 37.8. The Bertz CT molecular complexity index is 724. The zero-order valence-corrected chi connectivity index (χ0v) is 16.3. The molecule has 28 heavy (non-hydrogen) atoms. The van der Waals surface area contributed by atoms with Crippen LogP contribution in [-0.2, 0) is 25.7 Å². The van der Waals surface area contributed by atoms with E-state index < -0.39 is 30.1 Å². The van der Waals surface area contributed by atoms with Crippen molar-refractivity contribution >= 4 is 18.0 Å². The number of carbonyl (C=O) groups excluding carboxylic acids is 3. The van der Waals surface area contributed by atoms with Gasteiger partial charge in [0.1, 0.15) is 18.8 Å². The van der Waals surface area contributed by atoms with E-state index in [1.807, 2.05) is 30.3 Å². The van der Waals surface area contributed by atoms with Crippen LogP contribution in [0.4, 0.5) is 4.79 Å². The van der Waals surface area contributed by atoms with Crippen molar-refractivity contribution in [2.75, 3.05) is 6.54 Å². The normalized spacial score (nSPS) is 30.0. The van der Waals surface area contributed by atoms with Gasteiger partial charge in [-0.1, -0.05) is 30.3 Å². The molecule has 0 N–H and O–H groups in total. The van der Waals surface area contributed by atoms with E-state index in [-0.39, 0.29) is 6.61 Å². The summed E-state index contributed by atoms with van der Waals surface area (Å²) in [6, 6.07) is 9.28. The van der Waals surface area contributed by atoms with Crippen LogP contribution in [0.2, 0.25) is 0 Å². The maximum atomic E-state index is 12.8. The molecular formula is C22H27NO5.